The third kappa shape index (κ3) is 6.17. The summed E-state index contributed by atoms with van der Waals surface area (Å²) in [5.74, 6) is 0.179. The van der Waals surface area contributed by atoms with E-state index < -0.39 is 5.91 Å². The number of carbonyl (C=O) groups is 3. The lowest BCUT2D eigenvalue weighted by Gasteiger charge is -2.21. The number of primary amides is 1. The van der Waals surface area contributed by atoms with Crippen molar-refractivity contribution in [3.63, 3.8) is 0 Å². The van der Waals surface area contributed by atoms with Crippen molar-refractivity contribution in [3.05, 3.63) is 29.8 Å². The molecule has 1 saturated carbocycles. The number of nitrogens with one attached hydrogen (secondary N) is 1. The van der Waals surface area contributed by atoms with Gasteiger partial charge in [-0.1, -0.05) is 25.7 Å². The van der Waals surface area contributed by atoms with Crippen LogP contribution in [-0.2, 0) is 9.59 Å². The van der Waals surface area contributed by atoms with E-state index in [4.69, 9.17) is 5.73 Å². The van der Waals surface area contributed by atoms with Gasteiger partial charge in [0.15, 0.2) is 0 Å². The standard InChI is InChI=1S/C20H29N3O3/c1-2-23(19(25)12-7-15-5-3-4-6-15)14-13-18(24)22-17-10-8-16(9-11-17)20(21)26/h8-11,15H,2-7,12-14H2,1H3,(H2,21,26)(H,22,24). The predicted molar refractivity (Wildman–Crippen MR) is 102 cm³/mol. The van der Waals surface area contributed by atoms with Crippen LogP contribution in [0.1, 0.15) is 62.2 Å². The minimum atomic E-state index is -0.502. The number of carbonyl (C=O) groups excluding carboxylic acids is 3. The van der Waals surface area contributed by atoms with Gasteiger partial charge in [0.25, 0.3) is 0 Å². The molecular weight excluding hydrogens is 330 g/mol. The van der Waals surface area contributed by atoms with Crippen LogP contribution in [0.3, 0.4) is 0 Å². The number of amides is 3. The molecule has 0 atom stereocenters. The van der Waals surface area contributed by atoms with Crippen LogP contribution in [0.4, 0.5) is 5.69 Å². The second kappa shape index (κ2) is 9.94. The highest BCUT2D eigenvalue weighted by Crippen LogP contribution is 2.28. The third-order valence-corrected chi connectivity index (χ3v) is 5.04. The van der Waals surface area contributed by atoms with Crippen molar-refractivity contribution in [2.24, 2.45) is 11.7 Å². The largest absolute Gasteiger partial charge is 0.366 e. The van der Waals surface area contributed by atoms with Crippen LogP contribution in [-0.4, -0.2) is 35.7 Å². The second-order valence-electron chi connectivity index (χ2n) is 6.90. The van der Waals surface area contributed by atoms with Crippen molar-refractivity contribution in [3.8, 4) is 0 Å². The molecule has 3 amide bonds. The Kier molecular flexibility index (Phi) is 7.63. The summed E-state index contributed by atoms with van der Waals surface area (Å²) in [7, 11) is 0. The van der Waals surface area contributed by atoms with E-state index in [0.717, 1.165) is 6.42 Å². The fraction of sp³-hybridized carbons (Fsp3) is 0.550. The molecule has 26 heavy (non-hydrogen) atoms. The lowest BCUT2D eigenvalue weighted by atomic mass is 10.0. The van der Waals surface area contributed by atoms with Crippen molar-refractivity contribution in [2.45, 2.75) is 51.9 Å². The molecule has 1 aliphatic carbocycles. The molecule has 6 nitrogen and oxygen atoms in total. The Hall–Kier alpha value is -2.37. The average Bonchev–Trinajstić information content (AvgIpc) is 3.14. The number of nitrogens with zero attached hydrogens (tertiary/aromatic N) is 1. The van der Waals surface area contributed by atoms with Gasteiger partial charge in [-0.05, 0) is 43.5 Å². The van der Waals surface area contributed by atoms with Gasteiger partial charge in [-0.2, -0.15) is 0 Å². The van der Waals surface area contributed by atoms with Crippen LogP contribution in [0.2, 0.25) is 0 Å². The average molecular weight is 359 g/mol. The van der Waals surface area contributed by atoms with Gasteiger partial charge < -0.3 is 16.0 Å². The van der Waals surface area contributed by atoms with E-state index in [-0.39, 0.29) is 18.2 Å². The number of rotatable bonds is 9. The van der Waals surface area contributed by atoms with Crippen molar-refractivity contribution in [2.75, 3.05) is 18.4 Å². The molecule has 0 bridgehead atoms. The highest BCUT2D eigenvalue weighted by molar-refractivity contribution is 5.94. The molecule has 0 radical (unpaired) electrons. The van der Waals surface area contributed by atoms with Crippen molar-refractivity contribution in [1.82, 2.24) is 4.90 Å². The first-order valence-corrected chi connectivity index (χ1v) is 9.47. The quantitative estimate of drug-likeness (QED) is 0.710. The maximum atomic E-state index is 12.4. The zero-order valence-electron chi connectivity index (χ0n) is 15.5. The van der Waals surface area contributed by atoms with E-state index >= 15 is 0 Å². The lowest BCUT2D eigenvalue weighted by molar-refractivity contribution is -0.131. The molecule has 0 spiro atoms. The van der Waals surface area contributed by atoms with E-state index in [0.29, 0.717) is 36.7 Å². The van der Waals surface area contributed by atoms with E-state index in [1.807, 2.05) is 6.92 Å². The Bertz CT molecular complexity index is 622. The molecule has 0 heterocycles. The highest BCUT2D eigenvalue weighted by atomic mass is 16.2. The zero-order valence-corrected chi connectivity index (χ0v) is 15.5. The normalized spacial score (nSPS) is 14.2. The SMILES string of the molecule is CCN(CCC(=O)Nc1ccc(C(N)=O)cc1)C(=O)CCC1CCCC1. The Balaban J connectivity index is 1.74. The Morgan fingerprint density at radius 1 is 1.12 bits per heavy atom. The van der Waals surface area contributed by atoms with E-state index in [1.54, 1.807) is 29.2 Å². The zero-order chi connectivity index (χ0) is 18.9. The van der Waals surface area contributed by atoms with Crippen molar-refractivity contribution < 1.29 is 14.4 Å². The van der Waals surface area contributed by atoms with Crippen LogP contribution < -0.4 is 11.1 Å². The molecule has 0 aromatic heterocycles. The smallest absolute Gasteiger partial charge is 0.248 e. The second-order valence-corrected chi connectivity index (χ2v) is 6.90. The van der Waals surface area contributed by atoms with Gasteiger partial charge in [-0.15, -0.1) is 0 Å². The fourth-order valence-corrected chi connectivity index (χ4v) is 3.42. The van der Waals surface area contributed by atoms with E-state index in [1.165, 1.54) is 25.7 Å². The summed E-state index contributed by atoms with van der Waals surface area (Å²) in [6.07, 6.45) is 6.86. The number of benzene rings is 1. The van der Waals surface area contributed by atoms with Gasteiger partial charge in [0.2, 0.25) is 17.7 Å². The first kappa shape index (κ1) is 19.9. The number of anilines is 1. The first-order valence-electron chi connectivity index (χ1n) is 9.47. The first-order chi connectivity index (χ1) is 12.5. The number of nitrogens with two attached hydrogens (primary N) is 1. The van der Waals surface area contributed by atoms with Gasteiger partial charge in [0.1, 0.15) is 0 Å². The Labute approximate surface area is 155 Å². The molecule has 1 aliphatic rings. The maximum absolute atomic E-state index is 12.4. The monoisotopic (exact) mass is 359 g/mol. The van der Waals surface area contributed by atoms with Gasteiger partial charge in [0, 0.05) is 37.2 Å². The Morgan fingerprint density at radius 2 is 1.77 bits per heavy atom. The lowest BCUT2D eigenvalue weighted by Crippen LogP contribution is -2.33. The van der Waals surface area contributed by atoms with Gasteiger partial charge in [-0.3, -0.25) is 14.4 Å². The molecule has 0 saturated heterocycles. The minimum Gasteiger partial charge on any atom is -0.366 e. The van der Waals surface area contributed by atoms with Gasteiger partial charge in [0.05, 0.1) is 0 Å². The molecule has 3 N–H and O–H groups in total. The van der Waals surface area contributed by atoms with Gasteiger partial charge >= 0.3 is 0 Å². The molecule has 1 fully saturated rings. The summed E-state index contributed by atoms with van der Waals surface area (Å²) in [5.41, 5.74) is 6.19. The summed E-state index contributed by atoms with van der Waals surface area (Å²) in [6.45, 7) is 2.98. The summed E-state index contributed by atoms with van der Waals surface area (Å²) in [4.78, 5) is 37.3. The van der Waals surface area contributed by atoms with Crippen LogP contribution >= 0.6 is 0 Å². The molecule has 6 heteroatoms. The molecule has 1 aromatic carbocycles. The van der Waals surface area contributed by atoms with E-state index in [2.05, 4.69) is 5.32 Å². The molecular formula is C20H29N3O3. The van der Waals surface area contributed by atoms with Crippen LogP contribution in [0.15, 0.2) is 24.3 Å². The molecule has 0 unspecified atom stereocenters. The topological polar surface area (TPSA) is 92.5 Å². The van der Waals surface area contributed by atoms with Crippen molar-refractivity contribution in [1.29, 1.82) is 0 Å². The molecule has 142 valence electrons. The summed E-state index contributed by atoms with van der Waals surface area (Å²) in [6, 6.07) is 6.43. The van der Waals surface area contributed by atoms with Crippen molar-refractivity contribution >= 4 is 23.4 Å². The van der Waals surface area contributed by atoms with Gasteiger partial charge in [-0.25, -0.2) is 0 Å². The highest BCUT2D eigenvalue weighted by Gasteiger charge is 2.19. The minimum absolute atomic E-state index is 0.137. The van der Waals surface area contributed by atoms with Crippen LogP contribution in [0.5, 0.6) is 0 Å². The van der Waals surface area contributed by atoms with Crippen LogP contribution in [0.25, 0.3) is 0 Å². The number of hydrogen-bond acceptors (Lipinski definition) is 3. The molecule has 0 aliphatic heterocycles. The number of hydrogen-bond donors (Lipinski definition) is 2. The summed E-state index contributed by atoms with van der Waals surface area (Å²) in [5, 5.41) is 2.77. The predicted octanol–water partition coefficient (Wildman–Crippen LogP) is 2.93. The Morgan fingerprint density at radius 3 is 2.35 bits per heavy atom. The summed E-state index contributed by atoms with van der Waals surface area (Å²) < 4.78 is 0. The molecule has 1 aromatic rings. The van der Waals surface area contributed by atoms with Crippen LogP contribution in [0, 0.1) is 5.92 Å². The summed E-state index contributed by atoms with van der Waals surface area (Å²) >= 11 is 0. The molecule has 2 rings (SSSR count). The third-order valence-electron chi connectivity index (χ3n) is 5.04. The maximum Gasteiger partial charge on any atom is 0.248 e. The van der Waals surface area contributed by atoms with E-state index in [9.17, 15) is 14.4 Å². The fourth-order valence-electron chi connectivity index (χ4n) is 3.42.